The largest absolute Gasteiger partial charge is 0.464 e. The van der Waals surface area contributed by atoms with Crippen molar-refractivity contribution in [1.82, 2.24) is 0 Å². The van der Waals surface area contributed by atoms with E-state index in [1.807, 2.05) is 51.1 Å². The Morgan fingerprint density at radius 1 is 1.29 bits per heavy atom. The van der Waals surface area contributed by atoms with E-state index in [2.05, 4.69) is 0 Å². The van der Waals surface area contributed by atoms with Crippen LogP contribution < -0.4 is 5.73 Å². The van der Waals surface area contributed by atoms with Crippen LogP contribution in [0, 0.1) is 5.41 Å². The first-order chi connectivity index (χ1) is 7.89. The van der Waals surface area contributed by atoms with Gasteiger partial charge in [0.15, 0.2) is 0 Å². The quantitative estimate of drug-likeness (QED) is 0.813. The highest BCUT2D eigenvalue weighted by Crippen LogP contribution is 2.15. The summed E-state index contributed by atoms with van der Waals surface area (Å²) in [5.41, 5.74) is 6.61. The zero-order valence-electron chi connectivity index (χ0n) is 10.8. The minimum Gasteiger partial charge on any atom is -0.464 e. The van der Waals surface area contributed by atoms with Crippen LogP contribution in [0.5, 0.6) is 0 Å². The number of nitrogens with two attached hydrogens (primary N) is 1. The van der Waals surface area contributed by atoms with Crippen molar-refractivity contribution in [3.63, 3.8) is 0 Å². The first-order valence-corrected chi connectivity index (χ1v) is 5.86. The number of hydrogen-bond acceptors (Lipinski definition) is 3. The number of hydrogen-bond donors (Lipinski definition) is 1. The lowest BCUT2D eigenvalue weighted by Gasteiger charge is -2.19. The molecule has 0 aliphatic heterocycles. The topological polar surface area (TPSA) is 52.3 Å². The number of esters is 1. The standard InChI is InChI=1S/C14H21NO2/c1-14(2,3)13(16)17-10-12(15)9-11-7-5-4-6-8-11/h4-8,12H,9-10,15H2,1-3H3. The van der Waals surface area contributed by atoms with Gasteiger partial charge in [0.1, 0.15) is 6.61 Å². The van der Waals surface area contributed by atoms with Crippen molar-refractivity contribution in [3.8, 4) is 0 Å². The molecule has 0 spiro atoms. The number of ether oxygens (including phenoxy) is 1. The molecule has 0 aromatic heterocycles. The second-order valence-electron chi connectivity index (χ2n) is 5.30. The molecule has 0 aliphatic rings. The third-order valence-electron chi connectivity index (χ3n) is 2.38. The second-order valence-corrected chi connectivity index (χ2v) is 5.30. The molecule has 1 rings (SSSR count). The molecule has 0 amide bonds. The molecule has 0 aliphatic carbocycles. The zero-order valence-corrected chi connectivity index (χ0v) is 10.8. The van der Waals surface area contributed by atoms with Gasteiger partial charge < -0.3 is 10.5 Å². The van der Waals surface area contributed by atoms with Gasteiger partial charge in [-0.1, -0.05) is 30.3 Å². The Morgan fingerprint density at radius 2 is 1.88 bits per heavy atom. The monoisotopic (exact) mass is 235 g/mol. The van der Waals surface area contributed by atoms with E-state index < -0.39 is 5.41 Å². The van der Waals surface area contributed by atoms with Crippen LogP contribution >= 0.6 is 0 Å². The minimum atomic E-state index is -0.466. The van der Waals surface area contributed by atoms with Gasteiger partial charge in [-0.15, -0.1) is 0 Å². The summed E-state index contributed by atoms with van der Waals surface area (Å²) in [5, 5.41) is 0. The van der Waals surface area contributed by atoms with Crippen LogP contribution in [-0.2, 0) is 16.0 Å². The fourth-order valence-corrected chi connectivity index (χ4v) is 1.38. The molecule has 0 saturated carbocycles. The number of rotatable bonds is 4. The van der Waals surface area contributed by atoms with E-state index in [0.29, 0.717) is 0 Å². The summed E-state index contributed by atoms with van der Waals surface area (Å²) in [5.74, 6) is -0.207. The van der Waals surface area contributed by atoms with Crippen molar-refractivity contribution in [2.24, 2.45) is 11.1 Å². The molecule has 0 radical (unpaired) electrons. The summed E-state index contributed by atoms with van der Waals surface area (Å²) >= 11 is 0. The molecule has 1 aromatic rings. The Kier molecular flexibility index (Phi) is 4.70. The highest BCUT2D eigenvalue weighted by molar-refractivity contribution is 5.75. The average molecular weight is 235 g/mol. The summed E-state index contributed by atoms with van der Waals surface area (Å²) in [4.78, 5) is 11.5. The molecular weight excluding hydrogens is 214 g/mol. The second kappa shape index (κ2) is 5.82. The van der Waals surface area contributed by atoms with Gasteiger partial charge in [0.25, 0.3) is 0 Å². The van der Waals surface area contributed by atoms with Crippen molar-refractivity contribution in [3.05, 3.63) is 35.9 Å². The van der Waals surface area contributed by atoms with E-state index in [-0.39, 0.29) is 18.6 Å². The molecule has 94 valence electrons. The molecule has 1 aromatic carbocycles. The van der Waals surface area contributed by atoms with Crippen LogP contribution in [0.25, 0.3) is 0 Å². The highest BCUT2D eigenvalue weighted by Gasteiger charge is 2.23. The number of carbonyl (C=O) groups is 1. The molecule has 1 atom stereocenters. The lowest BCUT2D eigenvalue weighted by atomic mass is 9.97. The maximum Gasteiger partial charge on any atom is 0.311 e. The predicted molar refractivity (Wildman–Crippen MR) is 68.5 cm³/mol. The predicted octanol–water partition coefficient (Wildman–Crippen LogP) is 2.15. The Bertz CT molecular complexity index is 354. The Balaban J connectivity index is 2.36. The van der Waals surface area contributed by atoms with Crippen LogP contribution in [0.15, 0.2) is 30.3 Å². The van der Waals surface area contributed by atoms with Crippen molar-refractivity contribution >= 4 is 5.97 Å². The van der Waals surface area contributed by atoms with E-state index in [0.717, 1.165) is 12.0 Å². The van der Waals surface area contributed by atoms with Gasteiger partial charge in [0.2, 0.25) is 0 Å². The first kappa shape index (κ1) is 13.7. The number of carbonyl (C=O) groups excluding carboxylic acids is 1. The van der Waals surface area contributed by atoms with Crippen LogP contribution in [0.4, 0.5) is 0 Å². The van der Waals surface area contributed by atoms with Gasteiger partial charge in [-0.3, -0.25) is 4.79 Å². The Hall–Kier alpha value is -1.35. The molecule has 0 bridgehead atoms. The van der Waals surface area contributed by atoms with Gasteiger partial charge in [0.05, 0.1) is 5.41 Å². The molecule has 17 heavy (non-hydrogen) atoms. The molecule has 0 saturated heterocycles. The summed E-state index contributed by atoms with van der Waals surface area (Å²) < 4.78 is 5.18. The smallest absolute Gasteiger partial charge is 0.311 e. The molecule has 1 unspecified atom stereocenters. The highest BCUT2D eigenvalue weighted by atomic mass is 16.5. The van der Waals surface area contributed by atoms with Gasteiger partial charge in [-0.2, -0.15) is 0 Å². The normalized spacial score (nSPS) is 13.2. The van der Waals surface area contributed by atoms with Crippen molar-refractivity contribution in [2.75, 3.05) is 6.61 Å². The van der Waals surface area contributed by atoms with Gasteiger partial charge in [-0.05, 0) is 32.8 Å². The summed E-state index contributed by atoms with van der Waals surface area (Å²) in [6.45, 7) is 5.76. The zero-order chi connectivity index (χ0) is 12.9. The van der Waals surface area contributed by atoms with Crippen LogP contribution in [0.1, 0.15) is 26.3 Å². The SMILES string of the molecule is CC(C)(C)C(=O)OCC(N)Cc1ccccc1. The van der Waals surface area contributed by atoms with E-state index in [9.17, 15) is 4.79 Å². The lowest BCUT2D eigenvalue weighted by molar-refractivity contribution is -0.153. The van der Waals surface area contributed by atoms with Crippen molar-refractivity contribution in [2.45, 2.75) is 33.2 Å². The third kappa shape index (κ3) is 5.00. The van der Waals surface area contributed by atoms with E-state index in [1.165, 1.54) is 0 Å². The molecule has 3 heteroatoms. The maximum absolute atomic E-state index is 11.5. The van der Waals surface area contributed by atoms with E-state index in [4.69, 9.17) is 10.5 Å². The summed E-state index contributed by atoms with van der Waals surface area (Å²) in [6.07, 6.45) is 0.720. The Morgan fingerprint density at radius 3 is 2.41 bits per heavy atom. The van der Waals surface area contributed by atoms with Crippen LogP contribution in [0.3, 0.4) is 0 Å². The minimum absolute atomic E-state index is 0.149. The maximum atomic E-state index is 11.5. The molecule has 2 N–H and O–H groups in total. The van der Waals surface area contributed by atoms with E-state index in [1.54, 1.807) is 0 Å². The third-order valence-corrected chi connectivity index (χ3v) is 2.38. The van der Waals surface area contributed by atoms with E-state index >= 15 is 0 Å². The molecule has 0 heterocycles. The Labute approximate surface area is 103 Å². The molecule has 3 nitrogen and oxygen atoms in total. The fraction of sp³-hybridized carbons (Fsp3) is 0.500. The van der Waals surface area contributed by atoms with Gasteiger partial charge >= 0.3 is 5.97 Å². The fourth-order valence-electron chi connectivity index (χ4n) is 1.38. The van der Waals surface area contributed by atoms with Crippen LogP contribution in [-0.4, -0.2) is 18.6 Å². The van der Waals surface area contributed by atoms with Crippen LogP contribution in [0.2, 0.25) is 0 Å². The van der Waals surface area contributed by atoms with Gasteiger partial charge in [-0.25, -0.2) is 0 Å². The first-order valence-electron chi connectivity index (χ1n) is 5.86. The van der Waals surface area contributed by atoms with Crippen molar-refractivity contribution in [1.29, 1.82) is 0 Å². The van der Waals surface area contributed by atoms with Crippen molar-refractivity contribution < 1.29 is 9.53 Å². The van der Waals surface area contributed by atoms with Gasteiger partial charge in [0, 0.05) is 6.04 Å². The average Bonchev–Trinajstić information content (AvgIpc) is 2.26. The lowest BCUT2D eigenvalue weighted by Crippen LogP contribution is -2.33. The summed E-state index contributed by atoms with van der Waals surface area (Å²) in [7, 11) is 0. The molecular formula is C14H21NO2. The summed E-state index contributed by atoms with van der Waals surface area (Å²) in [6, 6.07) is 9.81. The molecule has 0 fully saturated rings. The number of benzene rings is 1.